The zero-order valence-corrected chi connectivity index (χ0v) is 27.1. The average Bonchev–Trinajstić information content (AvgIpc) is 3.09. The van der Waals surface area contributed by atoms with E-state index in [1.54, 1.807) is 67.8 Å². The van der Waals surface area contributed by atoms with Gasteiger partial charge in [0.15, 0.2) is 0 Å². The largest absolute Gasteiger partial charge is 0.497 e. The number of thioether (sulfide) groups is 1. The molecule has 5 rings (SSSR count). The summed E-state index contributed by atoms with van der Waals surface area (Å²) in [4.78, 5) is 41.2. The van der Waals surface area contributed by atoms with Crippen LogP contribution in [-0.2, 0) is 9.59 Å². The maximum Gasteiger partial charge on any atom is 0.272 e. The lowest BCUT2D eigenvalue weighted by Crippen LogP contribution is -2.30. The maximum atomic E-state index is 13.7. The minimum absolute atomic E-state index is 0.0668. The molecule has 0 bridgehead atoms. The molecule has 236 valence electrons. The number of nitrogens with one attached hydrogen (secondary N) is 3. The highest BCUT2D eigenvalue weighted by Crippen LogP contribution is 2.37. The van der Waals surface area contributed by atoms with Gasteiger partial charge in [-0.2, -0.15) is 0 Å². The Morgan fingerprint density at radius 3 is 2.15 bits per heavy atom. The number of carbonyl (C=O) groups excluding carboxylic acids is 3. The number of ether oxygens (including phenoxy) is 1. The van der Waals surface area contributed by atoms with Gasteiger partial charge in [0.05, 0.1) is 7.11 Å². The van der Waals surface area contributed by atoms with Crippen LogP contribution >= 0.6 is 11.8 Å². The van der Waals surface area contributed by atoms with E-state index in [0.29, 0.717) is 22.6 Å². The molecule has 0 aromatic heterocycles. The van der Waals surface area contributed by atoms with E-state index in [0.717, 1.165) is 27.3 Å². The Labute approximate surface area is 279 Å². The van der Waals surface area contributed by atoms with Crippen LogP contribution in [0.3, 0.4) is 0 Å². The van der Waals surface area contributed by atoms with Crippen LogP contribution in [0.1, 0.15) is 37.9 Å². The molecule has 0 spiro atoms. The summed E-state index contributed by atoms with van der Waals surface area (Å²) in [6.07, 6.45) is 1.61. The Morgan fingerprint density at radius 2 is 1.45 bits per heavy atom. The predicted octanol–water partition coefficient (Wildman–Crippen LogP) is 8.19. The van der Waals surface area contributed by atoms with Gasteiger partial charge in [0.2, 0.25) is 5.91 Å². The summed E-state index contributed by atoms with van der Waals surface area (Å²) in [6, 6.07) is 38.7. The van der Waals surface area contributed by atoms with E-state index in [9.17, 15) is 14.4 Å². The van der Waals surface area contributed by atoms with Gasteiger partial charge in [0, 0.05) is 21.8 Å². The number of rotatable bonds is 11. The molecule has 0 aliphatic carbocycles. The summed E-state index contributed by atoms with van der Waals surface area (Å²) < 4.78 is 5.25. The Hall–Kier alpha value is -5.60. The summed E-state index contributed by atoms with van der Waals surface area (Å²) in [7, 11) is 1.58. The normalized spacial score (nSPS) is 11.7. The number of carbonyl (C=O) groups is 3. The van der Waals surface area contributed by atoms with Gasteiger partial charge >= 0.3 is 0 Å². The van der Waals surface area contributed by atoms with Gasteiger partial charge in [-0.15, -0.1) is 11.8 Å². The van der Waals surface area contributed by atoms with E-state index in [1.807, 2.05) is 86.6 Å². The van der Waals surface area contributed by atoms with Crippen LogP contribution in [0.15, 0.2) is 138 Å². The molecule has 0 saturated heterocycles. The van der Waals surface area contributed by atoms with Crippen molar-refractivity contribution in [3.63, 3.8) is 0 Å². The molecule has 0 aliphatic heterocycles. The molecular weight excluding hydrogens is 607 g/mol. The first-order valence-electron chi connectivity index (χ1n) is 15.0. The first-order chi connectivity index (χ1) is 22.8. The minimum atomic E-state index is -0.558. The Morgan fingerprint density at radius 1 is 0.745 bits per heavy atom. The van der Waals surface area contributed by atoms with Crippen molar-refractivity contribution in [3.05, 3.63) is 161 Å². The molecule has 0 fully saturated rings. The van der Waals surface area contributed by atoms with E-state index in [2.05, 4.69) is 16.0 Å². The standard InChI is InChI=1S/C39H35N3O4S/c1-26-17-18-27(2)34(23-26)41-39(45)36(29-11-6-4-7-12-29)47-33-16-10-15-31(25-33)40-38(44)35(24-28-19-21-32(46-3)22-20-28)42-37(43)30-13-8-5-9-14-30/h4-25,36H,1-3H3,(H,40,44)(H,41,45)(H,42,43)/b35-24+. The molecule has 0 aliphatic rings. The minimum Gasteiger partial charge on any atom is -0.497 e. The van der Waals surface area contributed by atoms with E-state index in [4.69, 9.17) is 4.74 Å². The Bertz CT molecular complexity index is 1890. The Balaban J connectivity index is 1.38. The molecule has 3 amide bonds. The molecule has 0 radical (unpaired) electrons. The number of methoxy groups -OCH3 is 1. The number of benzene rings is 5. The van der Waals surface area contributed by atoms with Crippen molar-refractivity contribution in [1.29, 1.82) is 0 Å². The van der Waals surface area contributed by atoms with Crippen molar-refractivity contribution in [2.45, 2.75) is 24.0 Å². The third-order valence-corrected chi connectivity index (χ3v) is 8.54. The zero-order valence-electron chi connectivity index (χ0n) is 26.3. The second-order valence-corrected chi connectivity index (χ2v) is 12.0. The smallest absolute Gasteiger partial charge is 0.272 e. The summed E-state index contributed by atoms with van der Waals surface area (Å²) in [5, 5.41) is 8.23. The highest BCUT2D eigenvalue weighted by atomic mass is 32.2. The first kappa shape index (κ1) is 32.8. The van der Waals surface area contributed by atoms with Gasteiger partial charge in [-0.1, -0.05) is 78.9 Å². The van der Waals surface area contributed by atoms with Gasteiger partial charge in [0.25, 0.3) is 11.8 Å². The average molecular weight is 642 g/mol. The van der Waals surface area contributed by atoms with Crippen LogP contribution in [0.4, 0.5) is 11.4 Å². The third-order valence-electron chi connectivity index (χ3n) is 7.29. The molecule has 0 heterocycles. The van der Waals surface area contributed by atoms with Gasteiger partial charge in [-0.3, -0.25) is 14.4 Å². The van der Waals surface area contributed by atoms with E-state index in [1.165, 1.54) is 11.8 Å². The van der Waals surface area contributed by atoms with Crippen LogP contribution in [0.5, 0.6) is 5.75 Å². The number of amides is 3. The highest BCUT2D eigenvalue weighted by Gasteiger charge is 2.23. The lowest BCUT2D eigenvalue weighted by Gasteiger charge is -2.19. The molecule has 0 saturated carbocycles. The number of aryl methyl sites for hydroxylation is 2. The van der Waals surface area contributed by atoms with Crippen LogP contribution in [-0.4, -0.2) is 24.8 Å². The van der Waals surface area contributed by atoms with E-state index < -0.39 is 17.1 Å². The van der Waals surface area contributed by atoms with Crippen molar-refractivity contribution < 1.29 is 19.1 Å². The van der Waals surface area contributed by atoms with Crippen molar-refractivity contribution in [2.75, 3.05) is 17.7 Å². The second-order valence-electron chi connectivity index (χ2n) is 10.8. The fraction of sp³-hybridized carbons (Fsp3) is 0.103. The van der Waals surface area contributed by atoms with Crippen molar-refractivity contribution in [3.8, 4) is 5.75 Å². The number of hydrogen-bond donors (Lipinski definition) is 3. The SMILES string of the molecule is COc1ccc(/C=C(/NC(=O)c2ccccc2)C(=O)Nc2cccc(SC(C(=O)Nc3cc(C)ccc3C)c3ccccc3)c2)cc1. The molecule has 5 aromatic carbocycles. The van der Waals surface area contributed by atoms with Gasteiger partial charge in [-0.05, 0) is 90.7 Å². The van der Waals surface area contributed by atoms with Crippen molar-refractivity contribution in [2.24, 2.45) is 0 Å². The summed E-state index contributed by atoms with van der Waals surface area (Å²) in [5.41, 5.74) is 5.35. The fourth-order valence-corrected chi connectivity index (χ4v) is 5.84. The highest BCUT2D eigenvalue weighted by molar-refractivity contribution is 8.00. The molecule has 1 atom stereocenters. The maximum absolute atomic E-state index is 13.7. The summed E-state index contributed by atoms with van der Waals surface area (Å²) >= 11 is 1.38. The third kappa shape index (κ3) is 8.99. The zero-order chi connectivity index (χ0) is 33.2. The van der Waals surface area contributed by atoms with E-state index >= 15 is 0 Å². The topological polar surface area (TPSA) is 96.5 Å². The van der Waals surface area contributed by atoms with Crippen molar-refractivity contribution >= 4 is 46.9 Å². The molecule has 1 unspecified atom stereocenters. The lowest BCUT2D eigenvalue weighted by atomic mass is 10.1. The first-order valence-corrected chi connectivity index (χ1v) is 15.9. The van der Waals surface area contributed by atoms with Crippen LogP contribution in [0.2, 0.25) is 0 Å². The van der Waals surface area contributed by atoms with Crippen LogP contribution in [0.25, 0.3) is 6.08 Å². The van der Waals surface area contributed by atoms with Gasteiger partial charge in [0.1, 0.15) is 16.7 Å². The second kappa shape index (κ2) is 15.6. The number of hydrogen-bond acceptors (Lipinski definition) is 5. The summed E-state index contributed by atoms with van der Waals surface area (Å²) in [5.74, 6) is -0.394. The molecule has 47 heavy (non-hydrogen) atoms. The predicted molar refractivity (Wildman–Crippen MR) is 190 cm³/mol. The lowest BCUT2D eigenvalue weighted by molar-refractivity contribution is -0.116. The fourth-order valence-electron chi connectivity index (χ4n) is 4.76. The quantitative estimate of drug-likeness (QED) is 0.0998. The van der Waals surface area contributed by atoms with Gasteiger partial charge in [-0.25, -0.2) is 0 Å². The van der Waals surface area contributed by atoms with Crippen molar-refractivity contribution in [1.82, 2.24) is 5.32 Å². The molecule has 7 nitrogen and oxygen atoms in total. The van der Waals surface area contributed by atoms with Crippen LogP contribution in [0, 0.1) is 13.8 Å². The molecular formula is C39H35N3O4S. The summed E-state index contributed by atoms with van der Waals surface area (Å²) in [6.45, 7) is 3.95. The van der Waals surface area contributed by atoms with Gasteiger partial charge < -0.3 is 20.7 Å². The Kier molecular flexibility index (Phi) is 10.9. The molecule has 8 heteroatoms. The van der Waals surface area contributed by atoms with E-state index in [-0.39, 0.29) is 11.6 Å². The van der Waals surface area contributed by atoms with Crippen LogP contribution < -0.4 is 20.7 Å². The monoisotopic (exact) mass is 641 g/mol. The number of anilines is 2. The molecule has 3 N–H and O–H groups in total. The molecule has 5 aromatic rings.